The molecule has 2 atom stereocenters. The third kappa shape index (κ3) is 3.02. The lowest BCUT2D eigenvalue weighted by Crippen LogP contribution is -2.44. The highest BCUT2D eigenvalue weighted by atomic mass is 16.6. The van der Waals surface area contributed by atoms with Crippen molar-refractivity contribution < 1.29 is 24.2 Å². The van der Waals surface area contributed by atoms with Crippen molar-refractivity contribution in [3.63, 3.8) is 0 Å². The van der Waals surface area contributed by atoms with Crippen LogP contribution in [0.4, 0.5) is 5.69 Å². The minimum Gasteiger partial charge on any atom is -0.468 e. The predicted octanol–water partition coefficient (Wildman–Crippen LogP) is 0.705. The zero-order valence-corrected chi connectivity index (χ0v) is 18.8. The molecule has 0 spiro atoms. The van der Waals surface area contributed by atoms with Crippen LogP contribution in [0.15, 0.2) is 29.1 Å². The molecule has 0 aliphatic carbocycles. The lowest BCUT2D eigenvalue weighted by atomic mass is 9.86. The number of rotatable bonds is 4. The van der Waals surface area contributed by atoms with Crippen LogP contribution >= 0.6 is 0 Å². The summed E-state index contributed by atoms with van der Waals surface area (Å²) in [6, 6.07) is 6.14. The number of nitrogens with zero attached hydrogens (tertiary/aromatic N) is 2. The van der Waals surface area contributed by atoms with Gasteiger partial charge in [0.25, 0.3) is 5.56 Å². The van der Waals surface area contributed by atoms with Crippen LogP contribution in [0.3, 0.4) is 0 Å². The first kappa shape index (κ1) is 22.1. The van der Waals surface area contributed by atoms with Crippen molar-refractivity contribution in [2.24, 2.45) is 5.73 Å². The lowest BCUT2D eigenvalue weighted by Gasteiger charge is -2.31. The molecule has 0 fully saturated rings. The maximum Gasteiger partial charge on any atom is 0.343 e. The van der Waals surface area contributed by atoms with Crippen LogP contribution in [0.5, 0.6) is 0 Å². The van der Waals surface area contributed by atoms with Crippen LogP contribution in [-0.4, -0.2) is 39.7 Å². The number of anilines is 1. The number of nitrogens with two attached hydrogens (primary N) is 2. The number of fused-ring (bicyclic) bond motifs is 5. The Bertz CT molecular complexity index is 1450. The number of carbonyl (C=O) groups is 2. The van der Waals surface area contributed by atoms with Gasteiger partial charge in [-0.15, -0.1) is 0 Å². The summed E-state index contributed by atoms with van der Waals surface area (Å²) in [4.78, 5) is 42.4. The topological polar surface area (TPSA) is 160 Å². The summed E-state index contributed by atoms with van der Waals surface area (Å²) in [6.45, 7) is 1.73. The number of hydrogen-bond acceptors (Lipinski definition) is 9. The molecule has 0 saturated carbocycles. The molecular weight excluding hydrogens is 440 g/mol. The molecule has 0 bridgehead atoms. The number of cyclic esters (lactones) is 1. The minimum absolute atomic E-state index is 0.0613. The molecular formula is C24H24N4O6. The Hall–Kier alpha value is -3.76. The number of esters is 2. The van der Waals surface area contributed by atoms with Gasteiger partial charge >= 0.3 is 11.9 Å². The quantitative estimate of drug-likeness (QED) is 0.292. The molecule has 0 amide bonds. The van der Waals surface area contributed by atoms with Crippen LogP contribution in [0, 0.1) is 0 Å². The monoisotopic (exact) mass is 464 g/mol. The molecule has 10 heteroatoms. The zero-order valence-electron chi connectivity index (χ0n) is 18.8. The first-order valence-corrected chi connectivity index (χ1v) is 10.9. The van der Waals surface area contributed by atoms with E-state index in [1.165, 1.54) is 7.11 Å². The molecule has 3 aromatic rings. The number of benzene rings is 1. The number of hydrogen-bond donors (Lipinski definition) is 3. The third-order valence-corrected chi connectivity index (χ3v) is 6.74. The molecule has 176 valence electrons. The molecule has 0 saturated heterocycles. The molecule has 5 N–H and O–H groups in total. The number of nitrogen functional groups attached to an aromatic ring is 1. The maximum absolute atomic E-state index is 13.3. The van der Waals surface area contributed by atoms with E-state index >= 15 is 0 Å². The zero-order chi connectivity index (χ0) is 24.4. The summed E-state index contributed by atoms with van der Waals surface area (Å²) < 4.78 is 11.4. The molecule has 0 radical (unpaired) electrons. The first-order valence-electron chi connectivity index (χ1n) is 10.9. The Morgan fingerprint density at radius 3 is 2.82 bits per heavy atom. The molecule has 1 unspecified atom stereocenters. The fourth-order valence-electron chi connectivity index (χ4n) is 4.78. The van der Waals surface area contributed by atoms with Gasteiger partial charge in [0, 0.05) is 28.6 Å². The highest BCUT2D eigenvalue weighted by molar-refractivity contribution is 5.95. The SMILES string of the molecule is CC[C@@]1(O)C(=O)OCc2c1cc1n(c2=O)Cc2cc3c(N)ccc(CC(N)C(=O)OC)c3nc2-1. The van der Waals surface area contributed by atoms with Gasteiger partial charge < -0.3 is 30.6 Å². The van der Waals surface area contributed by atoms with E-state index in [4.69, 9.17) is 25.9 Å². The van der Waals surface area contributed by atoms with E-state index in [1.54, 1.807) is 29.7 Å². The summed E-state index contributed by atoms with van der Waals surface area (Å²) in [6.07, 6.45) is 0.249. The van der Waals surface area contributed by atoms with Crippen molar-refractivity contribution in [3.8, 4) is 11.4 Å². The van der Waals surface area contributed by atoms with Crippen molar-refractivity contribution in [2.45, 2.75) is 44.6 Å². The predicted molar refractivity (Wildman–Crippen MR) is 123 cm³/mol. The molecule has 2 aliphatic heterocycles. The van der Waals surface area contributed by atoms with Crippen LogP contribution in [0.1, 0.15) is 35.6 Å². The Morgan fingerprint density at radius 2 is 2.12 bits per heavy atom. The lowest BCUT2D eigenvalue weighted by molar-refractivity contribution is -0.172. The second-order valence-electron chi connectivity index (χ2n) is 8.64. The number of methoxy groups -OCH3 is 1. The fraction of sp³-hybridized carbons (Fsp3) is 0.333. The van der Waals surface area contributed by atoms with Gasteiger partial charge in [0.2, 0.25) is 0 Å². The Kier molecular flexibility index (Phi) is 4.96. The third-order valence-electron chi connectivity index (χ3n) is 6.74. The number of ether oxygens (including phenoxy) is 2. The number of aliphatic hydroxyl groups is 1. The normalized spacial score (nSPS) is 19.2. The highest BCUT2D eigenvalue weighted by Crippen LogP contribution is 2.39. The summed E-state index contributed by atoms with van der Waals surface area (Å²) in [5.41, 5.74) is 14.1. The average Bonchev–Trinajstić information content (AvgIpc) is 3.20. The van der Waals surface area contributed by atoms with Gasteiger partial charge in [0.1, 0.15) is 12.6 Å². The van der Waals surface area contributed by atoms with Crippen molar-refractivity contribution in [1.82, 2.24) is 9.55 Å². The average molecular weight is 464 g/mol. The summed E-state index contributed by atoms with van der Waals surface area (Å²) in [5, 5.41) is 11.7. The highest BCUT2D eigenvalue weighted by Gasteiger charge is 2.45. The van der Waals surface area contributed by atoms with E-state index in [0.29, 0.717) is 33.5 Å². The fourth-order valence-corrected chi connectivity index (χ4v) is 4.78. The van der Waals surface area contributed by atoms with Crippen LogP contribution in [-0.2, 0) is 44.2 Å². The number of carbonyl (C=O) groups excluding carboxylic acids is 2. The Balaban J connectivity index is 1.72. The molecule has 1 aromatic carbocycles. The summed E-state index contributed by atoms with van der Waals surface area (Å²) >= 11 is 0. The van der Waals surface area contributed by atoms with E-state index in [0.717, 1.165) is 5.56 Å². The van der Waals surface area contributed by atoms with Gasteiger partial charge in [-0.25, -0.2) is 9.78 Å². The van der Waals surface area contributed by atoms with Gasteiger partial charge in [-0.2, -0.15) is 0 Å². The van der Waals surface area contributed by atoms with Crippen molar-refractivity contribution >= 4 is 28.5 Å². The van der Waals surface area contributed by atoms with Gasteiger partial charge in [0.15, 0.2) is 5.60 Å². The largest absolute Gasteiger partial charge is 0.468 e. The maximum atomic E-state index is 13.3. The van der Waals surface area contributed by atoms with Crippen molar-refractivity contribution in [2.75, 3.05) is 12.8 Å². The van der Waals surface area contributed by atoms with Gasteiger partial charge in [-0.05, 0) is 30.2 Å². The molecule has 2 aliphatic rings. The summed E-state index contributed by atoms with van der Waals surface area (Å²) in [5.74, 6) is -1.32. The van der Waals surface area contributed by atoms with Gasteiger partial charge in [0.05, 0.1) is 36.1 Å². The molecule has 5 rings (SSSR count). The smallest absolute Gasteiger partial charge is 0.343 e. The molecule has 34 heavy (non-hydrogen) atoms. The summed E-state index contributed by atoms with van der Waals surface area (Å²) in [7, 11) is 1.27. The number of aromatic nitrogens is 2. The van der Waals surface area contributed by atoms with Crippen LogP contribution in [0.25, 0.3) is 22.3 Å². The van der Waals surface area contributed by atoms with Crippen molar-refractivity contribution in [1.29, 1.82) is 0 Å². The van der Waals surface area contributed by atoms with Crippen LogP contribution in [0.2, 0.25) is 0 Å². The number of pyridine rings is 2. The van der Waals surface area contributed by atoms with E-state index in [1.807, 2.05) is 6.07 Å². The Labute approximate surface area is 194 Å². The molecule has 4 heterocycles. The Morgan fingerprint density at radius 1 is 1.35 bits per heavy atom. The van der Waals surface area contributed by atoms with Gasteiger partial charge in [-0.1, -0.05) is 13.0 Å². The van der Waals surface area contributed by atoms with Crippen molar-refractivity contribution in [3.05, 3.63) is 56.9 Å². The van der Waals surface area contributed by atoms with Gasteiger partial charge in [-0.3, -0.25) is 9.59 Å². The first-order chi connectivity index (χ1) is 16.2. The van der Waals surface area contributed by atoms with Crippen LogP contribution < -0.4 is 17.0 Å². The second-order valence-corrected chi connectivity index (χ2v) is 8.64. The van der Waals surface area contributed by atoms with E-state index < -0.39 is 23.6 Å². The van der Waals surface area contributed by atoms with E-state index in [-0.39, 0.29) is 42.7 Å². The molecule has 2 aromatic heterocycles. The van der Waals surface area contributed by atoms with E-state index in [9.17, 15) is 19.5 Å². The van der Waals surface area contributed by atoms with E-state index in [2.05, 4.69) is 0 Å². The molecule has 10 nitrogen and oxygen atoms in total. The minimum atomic E-state index is -1.90. The second kappa shape index (κ2) is 7.64. The standard InChI is InChI=1S/C24H24N4O6/c1-3-24(32)15-8-18-20-12(9-28(18)21(29)14(15)10-34-23(24)31)6-13-16(25)5-4-11(19(13)27-20)7-17(26)22(30)33-2/h4-6,8,17,32H,3,7,9-10,25-26H2,1-2H3/t17?,24-/m0/s1.